The molecule has 26 heavy (non-hydrogen) atoms. The standard InChI is InChI=1S/C19H23Cl2N3O2/c20-16-2-1-14(9-17(16)21)24-8-5-15(19(24)26)18(25)23-6-3-12-10-22-11-13(12)4-7-23/h1-2,9,12-13,15,22H,3-8,10-11H2/t12-,13+,15?. The molecular weight excluding hydrogens is 373 g/mol. The molecule has 3 aliphatic rings. The van der Waals surface area contributed by atoms with Crippen LogP contribution in [-0.2, 0) is 9.59 Å². The van der Waals surface area contributed by atoms with Gasteiger partial charge in [-0.15, -0.1) is 0 Å². The molecule has 3 fully saturated rings. The molecule has 140 valence electrons. The lowest BCUT2D eigenvalue weighted by Crippen LogP contribution is -2.41. The summed E-state index contributed by atoms with van der Waals surface area (Å²) in [4.78, 5) is 29.4. The molecule has 0 radical (unpaired) electrons. The topological polar surface area (TPSA) is 52.7 Å². The van der Waals surface area contributed by atoms with E-state index in [1.807, 2.05) is 4.90 Å². The van der Waals surface area contributed by atoms with Crippen LogP contribution in [0.5, 0.6) is 0 Å². The SMILES string of the molecule is O=C(C1CCN(c2ccc(Cl)c(Cl)c2)C1=O)N1CC[C@@H]2CNC[C@@H]2CC1. The highest BCUT2D eigenvalue weighted by Crippen LogP contribution is 2.33. The molecule has 0 spiro atoms. The van der Waals surface area contributed by atoms with E-state index >= 15 is 0 Å². The van der Waals surface area contributed by atoms with Crippen molar-refractivity contribution in [3.63, 3.8) is 0 Å². The molecule has 0 saturated carbocycles. The Kier molecular flexibility index (Phi) is 5.13. The summed E-state index contributed by atoms with van der Waals surface area (Å²) in [6.45, 7) is 4.17. The van der Waals surface area contributed by atoms with Crippen LogP contribution in [0, 0.1) is 17.8 Å². The normalized spacial score (nSPS) is 29.0. The zero-order chi connectivity index (χ0) is 18.3. The molecule has 2 amide bonds. The molecule has 0 bridgehead atoms. The number of carbonyl (C=O) groups is 2. The molecule has 4 rings (SSSR count). The van der Waals surface area contributed by atoms with Gasteiger partial charge in [-0.05, 0) is 62.4 Å². The minimum absolute atomic E-state index is 0.00880. The molecule has 1 N–H and O–H groups in total. The molecule has 3 aliphatic heterocycles. The summed E-state index contributed by atoms with van der Waals surface area (Å²) < 4.78 is 0. The van der Waals surface area contributed by atoms with Gasteiger partial charge in [0.1, 0.15) is 5.92 Å². The molecule has 3 heterocycles. The lowest BCUT2D eigenvalue weighted by molar-refractivity contribution is -0.139. The van der Waals surface area contributed by atoms with Gasteiger partial charge >= 0.3 is 0 Å². The second-order valence-corrected chi connectivity index (χ2v) is 8.32. The monoisotopic (exact) mass is 395 g/mol. The van der Waals surface area contributed by atoms with E-state index in [0.717, 1.165) is 39.0 Å². The van der Waals surface area contributed by atoms with Crippen molar-refractivity contribution in [3.8, 4) is 0 Å². The summed E-state index contributed by atoms with van der Waals surface area (Å²) in [5.74, 6) is 0.630. The molecule has 5 nitrogen and oxygen atoms in total. The number of hydrogen-bond acceptors (Lipinski definition) is 3. The zero-order valence-corrected chi connectivity index (χ0v) is 16.1. The van der Waals surface area contributed by atoms with Crippen LogP contribution in [0.3, 0.4) is 0 Å². The predicted octanol–water partition coefficient (Wildman–Crippen LogP) is 2.80. The van der Waals surface area contributed by atoms with Crippen molar-refractivity contribution < 1.29 is 9.59 Å². The third-order valence-electron chi connectivity index (χ3n) is 6.05. The van der Waals surface area contributed by atoms with Gasteiger partial charge in [-0.1, -0.05) is 23.2 Å². The highest BCUT2D eigenvalue weighted by atomic mass is 35.5. The summed E-state index contributed by atoms with van der Waals surface area (Å²) in [6, 6.07) is 5.15. The van der Waals surface area contributed by atoms with E-state index in [9.17, 15) is 9.59 Å². The first kappa shape index (κ1) is 18.1. The first-order valence-corrected chi connectivity index (χ1v) is 10.1. The van der Waals surface area contributed by atoms with Crippen LogP contribution in [0.2, 0.25) is 10.0 Å². The molecule has 1 unspecified atom stereocenters. The van der Waals surface area contributed by atoms with Crippen molar-refractivity contribution >= 4 is 40.7 Å². The highest BCUT2D eigenvalue weighted by molar-refractivity contribution is 6.42. The minimum Gasteiger partial charge on any atom is -0.342 e. The molecule has 1 aromatic carbocycles. The zero-order valence-electron chi connectivity index (χ0n) is 14.6. The van der Waals surface area contributed by atoms with Crippen molar-refractivity contribution in [2.45, 2.75) is 19.3 Å². The number of benzene rings is 1. The van der Waals surface area contributed by atoms with Gasteiger partial charge in [-0.3, -0.25) is 9.59 Å². The lowest BCUT2D eigenvalue weighted by atomic mass is 9.92. The number of nitrogens with one attached hydrogen (secondary N) is 1. The fourth-order valence-electron chi connectivity index (χ4n) is 4.48. The summed E-state index contributed by atoms with van der Waals surface area (Å²) in [7, 11) is 0. The maximum absolute atomic E-state index is 13.0. The first-order valence-electron chi connectivity index (χ1n) is 9.30. The lowest BCUT2D eigenvalue weighted by Gasteiger charge is -2.24. The smallest absolute Gasteiger partial charge is 0.239 e. The van der Waals surface area contributed by atoms with Crippen LogP contribution in [0.1, 0.15) is 19.3 Å². The molecule has 0 aromatic heterocycles. The Hall–Kier alpha value is -1.30. The fraction of sp³-hybridized carbons (Fsp3) is 0.579. The summed E-state index contributed by atoms with van der Waals surface area (Å²) in [6.07, 6.45) is 2.62. The number of anilines is 1. The predicted molar refractivity (Wildman–Crippen MR) is 103 cm³/mol. The summed E-state index contributed by atoms with van der Waals surface area (Å²) in [5.41, 5.74) is 0.705. The van der Waals surface area contributed by atoms with E-state index < -0.39 is 5.92 Å². The van der Waals surface area contributed by atoms with Gasteiger partial charge in [0.25, 0.3) is 0 Å². The van der Waals surface area contributed by atoms with Gasteiger partial charge in [0, 0.05) is 25.3 Å². The molecule has 3 saturated heterocycles. The summed E-state index contributed by atoms with van der Waals surface area (Å²) in [5, 5.41) is 4.32. The van der Waals surface area contributed by atoms with E-state index in [0.29, 0.717) is 40.5 Å². The maximum Gasteiger partial charge on any atom is 0.239 e. The van der Waals surface area contributed by atoms with Gasteiger partial charge in [-0.25, -0.2) is 0 Å². The van der Waals surface area contributed by atoms with E-state index in [1.54, 1.807) is 23.1 Å². The van der Waals surface area contributed by atoms with Gasteiger partial charge in [0.15, 0.2) is 0 Å². The molecule has 3 atom stereocenters. The van der Waals surface area contributed by atoms with Crippen LogP contribution in [-0.4, -0.2) is 49.4 Å². The number of hydrogen-bond donors (Lipinski definition) is 1. The third kappa shape index (κ3) is 3.32. The minimum atomic E-state index is -0.569. The largest absolute Gasteiger partial charge is 0.342 e. The van der Waals surface area contributed by atoms with E-state index in [2.05, 4.69) is 5.32 Å². The second-order valence-electron chi connectivity index (χ2n) is 7.51. The summed E-state index contributed by atoms with van der Waals surface area (Å²) >= 11 is 12.0. The van der Waals surface area contributed by atoms with Crippen molar-refractivity contribution in [1.82, 2.24) is 10.2 Å². The number of rotatable bonds is 2. The Balaban J connectivity index is 1.44. The Bertz CT molecular complexity index is 713. The first-order chi connectivity index (χ1) is 12.5. The number of nitrogens with zero attached hydrogens (tertiary/aromatic N) is 2. The van der Waals surface area contributed by atoms with E-state index in [-0.39, 0.29) is 11.8 Å². The number of likely N-dealkylation sites (tertiary alicyclic amines) is 1. The average Bonchev–Trinajstić information content (AvgIpc) is 3.18. The van der Waals surface area contributed by atoms with E-state index in [1.165, 1.54) is 0 Å². The second kappa shape index (κ2) is 7.37. The number of halogens is 2. The molecule has 7 heteroatoms. The number of fused-ring (bicyclic) bond motifs is 1. The number of amides is 2. The van der Waals surface area contributed by atoms with Gasteiger partial charge in [0.2, 0.25) is 11.8 Å². The van der Waals surface area contributed by atoms with Crippen LogP contribution in [0.25, 0.3) is 0 Å². The Morgan fingerprint density at radius 2 is 1.69 bits per heavy atom. The van der Waals surface area contributed by atoms with Crippen molar-refractivity contribution in [2.75, 3.05) is 37.6 Å². The van der Waals surface area contributed by atoms with Gasteiger partial charge in [0.05, 0.1) is 10.0 Å². The van der Waals surface area contributed by atoms with Crippen molar-refractivity contribution in [2.24, 2.45) is 17.8 Å². The van der Waals surface area contributed by atoms with Gasteiger partial charge < -0.3 is 15.1 Å². The maximum atomic E-state index is 13.0. The Morgan fingerprint density at radius 3 is 2.35 bits per heavy atom. The van der Waals surface area contributed by atoms with Crippen LogP contribution < -0.4 is 10.2 Å². The Labute approximate surface area is 163 Å². The van der Waals surface area contributed by atoms with Crippen LogP contribution >= 0.6 is 23.2 Å². The number of carbonyl (C=O) groups excluding carboxylic acids is 2. The average molecular weight is 396 g/mol. The molecule has 0 aliphatic carbocycles. The fourth-order valence-corrected chi connectivity index (χ4v) is 4.77. The molecular formula is C19H23Cl2N3O2. The van der Waals surface area contributed by atoms with E-state index in [4.69, 9.17) is 23.2 Å². The van der Waals surface area contributed by atoms with Crippen molar-refractivity contribution in [3.05, 3.63) is 28.2 Å². The highest BCUT2D eigenvalue weighted by Gasteiger charge is 2.41. The molecule has 1 aromatic rings. The van der Waals surface area contributed by atoms with Gasteiger partial charge in [-0.2, -0.15) is 0 Å². The third-order valence-corrected chi connectivity index (χ3v) is 6.79. The van der Waals surface area contributed by atoms with Crippen LogP contribution in [0.15, 0.2) is 18.2 Å². The van der Waals surface area contributed by atoms with Crippen LogP contribution in [0.4, 0.5) is 5.69 Å². The quantitative estimate of drug-likeness (QED) is 0.783. The van der Waals surface area contributed by atoms with Crippen molar-refractivity contribution in [1.29, 1.82) is 0 Å². The Morgan fingerprint density at radius 1 is 1.00 bits per heavy atom.